The van der Waals surface area contributed by atoms with Gasteiger partial charge in [-0.15, -0.1) is 4.74 Å². The Hall–Kier alpha value is -1.26. The molecule has 1 fully saturated rings. The van der Waals surface area contributed by atoms with Crippen LogP contribution in [0.4, 0.5) is 0 Å². The highest BCUT2D eigenvalue weighted by atomic mass is 16.5. The van der Waals surface area contributed by atoms with Gasteiger partial charge < -0.3 is 4.52 Å². The Balaban J connectivity index is 2.28. The average Bonchev–Trinajstić information content (AvgIpc) is 2.47. The molecule has 0 bridgehead atoms. The van der Waals surface area contributed by atoms with E-state index in [0.29, 0.717) is 0 Å². The van der Waals surface area contributed by atoms with E-state index in [9.17, 15) is 9.59 Å². The number of hydrogen-bond donors (Lipinski definition) is 1. The van der Waals surface area contributed by atoms with Crippen LogP contribution >= 0.6 is 0 Å². The molecule has 1 aliphatic carbocycles. The van der Waals surface area contributed by atoms with Crippen molar-refractivity contribution in [2.75, 3.05) is 0 Å². The van der Waals surface area contributed by atoms with Gasteiger partial charge in [-0.2, -0.15) is 0 Å². The predicted octanol–water partition coefficient (Wildman–Crippen LogP) is 0.635. The van der Waals surface area contributed by atoms with Gasteiger partial charge in [-0.05, 0) is 12.8 Å². The molecule has 0 radical (unpaired) electrons. The Labute approximate surface area is 74.3 Å². The van der Waals surface area contributed by atoms with Crippen molar-refractivity contribution < 1.29 is 4.52 Å². The minimum atomic E-state index is -0.657. The van der Waals surface area contributed by atoms with Crippen molar-refractivity contribution in [3.63, 3.8) is 0 Å². The maximum absolute atomic E-state index is 11.2. The molecular weight excluding hydrogens is 172 g/mol. The van der Waals surface area contributed by atoms with Crippen LogP contribution in [0.5, 0.6) is 0 Å². The van der Waals surface area contributed by atoms with E-state index >= 15 is 0 Å². The molecule has 0 unspecified atom stereocenters. The van der Waals surface area contributed by atoms with Gasteiger partial charge in [0.2, 0.25) is 0 Å². The molecule has 0 atom stereocenters. The second-order valence-corrected chi connectivity index (χ2v) is 3.43. The van der Waals surface area contributed by atoms with E-state index in [4.69, 9.17) is 4.52 Å². The molecule has 1 aromatic rings. The van der Waals surface area contributed by atoms with Crippen LogP contribution in [0.25, 0.3) is 0 Å². The number of nitrogens with one attached hydrogen (secondary N) is 1. The summed E-state index contributed by atoms with van der Waals surface area (Å²) in [4.78, 5) is 24.0. The highest BCUT2D eigenvalue weighted by molar-refractivity contribution is 4.71. The Morgan fingerprint density at radius 1 is 1.23 bits per heavy atom. The van der Waals surface area contributed by atoms with Gasteiger partial charge in [-0.3, -0.25) is 0 Å². The van der Waals surface area contributed by atoms with Crippen LogP contribution in [0, 0.1) is 0 Å². The summed E-state index contributed by atoms with van der Waals surface area (Å²) in [6.45, 7) is 0. The van der Waals surface area contributed by atoms with Gasteiger partial charge in [0.1, 0.15) is 0 Å². The zero-order valence-corrected chi connectivity index (χ0v) is 7.28. The van der Waals surface area contributed by atoms with Gasteiger partial charge in [0.15, 0.2) is 0 Å². The summed E-state index contributed by atoms with van der Waals surface area (Å²) in [5.74, 6) is -0.657. The lowest BCUT2D eigenvalue weighted by Gasteiger charge is -2.19. The Morgan fingerprint density at radius 3 is 2.46 bits per heavy atom. The van der Waals surface area contributed by atoms with Crippen molar-refractivity contribution in [1.82, 2.24) is 9.72 Å². The molecule has 72 valence electrons. The topological polar surface area (TPSA) is 68.0 Å². The molecule has 2 rings (SSSR count). The predicted molar refractivity (Wildman–Crippen MR) is 45.7 cm³/mol. The van der Waals surface area contributed by atoms with Gasteiger partial charge in [-0.25, -0.2) is 14.6 Å². The molecule has 1 aliphatic rings. The van der Waals surface area contributed by atoms with Gasteiger partial charge >= 0.3 is 11.4 Å². The largest absolute Gasteiger partial charge is 0.440 e. The first kappa shape index (κ1) is 8.34. The standard InChI is InChI=1S/C8H12N2O3/c11-7-9-8(12)13-10(7)6-4-2-1-3-5-6/h6H,1-5H2,(H,9,11,12). The molecule has 0 spiro atoms. The van der Waals surface area contributed by atoms with E-state index in [1.54, 1.807) is 0 Å². The highest BCUT2D eigenvalue weighted by Crippen LogP contribution is 2.26. The van der Waals surface area contributed by atoms with Crippen molar-refractivity contribution >= 4 is 0 Å². The molecular formula is C8H12N2O3. The maximum atomic E-state index is 11.2. The van der Waals surface area contributed by atoms with E-state index < -0.39 is 11.4 Å². The molecule has 5 nitrogen and oxygen atoms in total. The van der Waals surface area contributed by atoms with Crippen LogP contribution in [0.3, 0.4) is 0 Å². The third kappa shape index (κ3) is 1.59. The number of hydrogen-bond acceptors (Lipinski definition) is 3. The van der Waals surface area contributed by atoms with Crippen molar-refractivity contribution in [3.8, 4) is 0 Å². The molecule has 1 aromatic heterocycles. The summed E-state index contributed by atoms with van der Waals surface area (Å²) in [7, 11) is 0. The monoisotopic (exact) mass is 184 g/mol. The maximum Gasteiger partial charge on any atom is 0.440 e. The lowest BCUT2D eigenvalue weighted by atomic mass is 9.96. The minimum absolute atomic E-state index is 0.0835. The Kier molecular flexibility index (Phi) is 2.08. The van der Waals surface area contributed by atoms with E-state index in [2.05, 4.69) is 4.98 Å². The number of H-pyrrole nitrogens is 1. The summed E-state index contributed by atoms with van der Waals surface area (Å²) >= 11 is 0. The molecule has 13 heavy (non-hydrogen) atoms. The molecule has 5 heteroatoms. The number of aromatic nitrogens is 2. The first-order chi connectivity index (χ1) is 6.27. The van der Waals surface area contributed by atoms with Crippen molar-refractivity contribution in [2.24, 2.45) is 0 Å². The summed E-state index contributed by atoms with van der Waals surface area (Å²) in [5.41, 5.74) is -0.420. The van der Waals surface area contributed by atoms with E-state index in [1.807, 2.05) is 0 Å². The number of nitrogens with zero attached hydrogens (tertiary/aromatic N) is 1. The molecule has 0 aliphatic heterocycles. The molecule has 0 amide bonds. The molecule has 1 N–H and O–H groups in total. The number of aromatic amines is 1. The van der Waals surface area contributed by atoms with Gasteiger partial charge in [0.05, 0.1) is 6.04 Å². The van der Waals surface area contributed by atoms with Crippen molar-refractivity contribution in [2.45, 2.75) is 38.1 Å². The lowest BCUT2D eigenvalue weighted by molar-refractivity contribution is 0.164. The normalized spacial score (nSPS) is 19.1. The molecule has 0 saturated heterocycles. The second kappa shape index (κ2) is 3.24. The average molecular weight is 184 g/mol. The summed E-state index contributed by atoms with van der Waals surface area (Å²) in [5, 5.41) is 0. The highest BCUT2D eigenvalue weighted by Gasteiger charge is 2.19. The summed E-state index contributed by atoms with van der Waals surface area (Å²) in [6, 6.07) is 0.0835. The summed E-state index contributed by atoms with van der Waals surface area (Å²) < 4.78 is 5.93. The molecule has 1 heterocycles. The smallest absolute Gasteiger partial charge is 0.317 e. The number of rotatable bonds is 1. The fourth-order valence-corrected chi connectivity index (χ4v) is 1.85. The van der Waals surface area contributed by atoms with Crippen LogP contribution in [0.15, 0.2) is 14.1 Å². The third-order valence-electron chi connectivity index (χ3n) is 2.50. The van der Waals surface area contributed by atoms with E-state index in [0.717, 1.165) is 25.7 Å². The third-order valence-corrected chi connectivity index (χ3v) is 2.50. The van der Waals surface area contributed by atoms with Crippen molar-refractivity contribution in [1.29, 1.82) is 0 Å². The fraction of sp³-hybridized carbons (Fsp3) is 0.750. The quantitative estimate of drug-likeness (QED) is 0.696. The zero-order chi connectivity index (χ0) is 9.26. The lowest BCUT2D eigenvalue weighted by Crippen LogP contribution is -2.23. The summed E-state index contributed by atoms with van der Waals surface area (Å²) in [6.07, 6.45) is 5.28. The second-order valence-electron chi connectivity index (χ2n) is 3.43. The van der Waals surface area contributed by atoms with Gasteiger partial charge in [-0.1, -0.05) is 19.3 Å². The minimum Gasteiger partial charge on any atom is -0.317 e. The van der Waals surface area contributed by atoms with Crippen LogP contribution in [-0.2, 0) is 0 Å². The van der Waals surface area contributed by atoms with Gasteiger partial charge in [0.25, 0.3) is 0 Å². The van der Waals surface area contributed by atoms with Crippen LogP contribution in [0.2, 0.25) is 0 Å². The van der Waals surface area contributed by atoms with Gasteiger partial charge in [0, 0.05) is 0 Å². The van der Waals surface area contributed by atoms with E-state index in [-0.39, 0.29) is 6.04 Å². The van der Waals surface area contributed by atoms with Crippen molar-refractivity contribution in [3.05, 3.63) is 21.0 Å². The van der Waals surface area contributed by atoms with Crippen LogP contribution in [-0.4, -0.2) is 9.72 Å². The molecule has 0 aromatic carbocycles. The van der Waals surface area contributed by atoms with Crippen LogP contribution in [0.1, 0.15) is 38.1 Å². The Bertz CT molecular complexity index is 381. The molecule has 1 saturated carbocycles. The van der Waals surface area contributed by atoms with E-state index in [1.165, 1.54) is 11.2 Å². The Morgan fingerprint density at radius 2 is 1.92 bits per heavy atom. The zero-order valence-electron chi connectivity index (χ0n) is 7.28. The SMILES string of the molecule is O=c1[nH]c(=O)n(C2CCCCC2)o1. The first-order valence-corrected chi connectivity index (χ1v) is 4.59. The first-order valence-electron chi connectivity index (χ1n) is 4.59. The fourth-order valence-electron chi connectivity index (χ4n) is 1.85. The van der Waals surface area contributed by atoms with Crippen LogP contribution < -0.4 is 11.4 Å².